The normalized spacial score (nSPS) is 19.2. The second-order valence-electron chi connectivity index (χ2n) is 6.34. The van der Waals surface area contributed by atoms with Crippen molar-refractivity contribution in [2.24, 2.45) is 5.92 Å². The molecular weight excluding hydrogens is 264 g/mol. The number of anilines is 1. The highest BCUT2D eigenvalue weighted by molar-refractivity contribution is 5.38. The smallest absolute Gasteiger partial charge is 0.293 e. The Morgan fingerprint density at radius 2 is 2.24 bits per heavy atom. The minimum Gasteiger partial charge on any atom is -0.349 e. The zero-order valence-electron chi connectivity index (χ0n) is 13.5. The van der Waals surface area contributed by atoms with Crippen LogP contribution >= 0.6 is 0 Å². The number of piperidine rings is 1. The van der Waals surface area contributed by atoms with Crippen LogP contribution in [0.4, 0.5) is 5.82 Å². The molecule has 0 spiro atoms. The van der Waals surface area contributed by atoms with E-state index >= 15 is 0 Å². The fourth-order valence-electron chi connectivity index (χ4n) is 3.06. The Balaban J connectivity index is 2.24. The van der Waals surface area contributed by atoms with Crippen LogP contribution in [0.15, 0.2) is 17.2 Å². The van der Waals surface area contributed by atoms with Crippen LogP contribution in [0.1, 0.15) is 39.5 Å². The van der Waals surface area contributed by atoms with Crippen molar-refractivity contribution in [3.8, 4) is 0 Å². The maximum Gasteiger partial charge on any atom is 0.293 e. The highest BCUT2D eigenvalue weighted by atomic mass is 16.1. The van der Waals surface area contributed by atoms with E-state index in [9.17, 15) is 4.79 Å². The molecule has 118 valence electrons. The molecule has 1 saturated heterocycles. The average Bonchev–Trinajstić information content (AvgIpc) is 2.47. The van der Waals surface area contributed by atoms with Gasteiger partial charge >= 0.3 is 0 Å². The van der Waals surface area contributed by atoms with Crippen LogP contribution in [0.25, 0.3) is 0 Å². The van der Waals surface area contributed by atoms with Crippen molar-refractivity contribution < 1.29 is 0 Å². The molecule has 1 N–H and O–H groups in total. The molecular formula is C16H28N4O. The maximum absolute atomic E-state index is 12.7. The van der Waals surface area contributed by atoms with Crippen molar-refractivity contribution in [2.75, 3.05) is 25.0 Å². The molecule has 1 aromatic heterocycles. The number of hydrogen-bond acceptors (Lipinski definition) is 4. The SMILES string of the molecule is CNCCC1CCCCN1c1nccn(CC(C)C)c1=O. The molecule has 1 aromatic rings. The van der Waals surface area contributed by atoms with Gasteiger partial charge in [0.15, 0.2) is 5.82 Å². The molecule has 1 atom stereocenters. The number of nitrogens with one attached hydrogen (secondary N) is 1. The Morgan fingerprint density at radius 1 is 1.43 bits per heavy atom. The summed E-state index contributed by atoms with van der Waals surface area (Å²) in [5, 5.41) is 3.21. The van der Waals surface area contributed by atoms with Gasteiger partial charge in [-0.3, -0.25) is 4.79 Å². The van der Waals surface area contributed by atoms with Gasteiger partial charge in [-0.2, -0.15) is 0 Å². The quantitative estimate of drug-likeness (QED) is 0.869. The van der Waals surface area contributed by atoms with Crippen LogP contribution in [0, 0.1) is 5.92 Å². The first kappa shape index (κ1) is 16.0. The molecule has 1 aliphatic heterocycles. The Labute approximate surface area is 127 Å². The van der Waals surface area contributed by atoms with Gasteiger partial charge < -0.3 is 14.8 Å². The molecule has 5 nitrogen and oxygen atoms in total. The van der Waals surface area contributed by atoms with Crippen LogP contribution in [-0.4, -0.2) is 35.7 Å². The Hall–Kier alpha value is -1.36. The highest BCUT2D eigenvalue weighted by Gasteiger charge is 2.25. The van der Waals surface area contributed by atoms with E-state index in [-0.39, 0.29) is 5.56 Å². The van der Waals surface area contributed by atoms with E-state index in [1.807, 2.05) is 7.05 Å². The topological polar surface area (TPSA) is 50.2 Å². The van der Waals surface area contributed by atoms with Crippen molar-refractivity contribution in [1.82, 2.24) is 14.9 Å². The van der Waals surface area contributed by atoms with E-state index in [2.05, 4.69) is 29.0 Å². The van der Waals surface area contributed by atoms with Crippen LogP contribution in [0.3, 0.4) is 0 Å². The predicted octanol–water partition coefficient (Wildman–Crippen LogP) is 1.87. The molecule has 1 unspecified atom stereocenters. The molecule has 0 aromatic carbocycles. The summed E-state index contributed by atoms with van der Waals surface area (Å²) in [6.07, 6.45) is 8.19. The summed E-state index contributed by atoms with van der Waals surface area (Å²) in [7, 11) is 1.98. The number of rotatable bonds is 6. The van der Waals surface area contributed by atoms with Gasteiger partial charge in [-0.1, -0.05) is 13.8 Å². The Bertz CT molecular complexity index is 497. The van der Waals surface area contributed by atoms with E-state index in [0.29, 0.717) is 17.8 Å². The number of nitrogens with zero attached hydrogens (tertiary/aromatic N) is 3. The van der Waals surface area contributed by atoms with E-state index in [0.717, 1.165) is 38.9 Å². The average molecular weight is 292 g/mol. The molecule has 0 radical (unpaired) electrons. The summed E-state index contributed by atoms with van der Waals surface area (Å²) in [4.78, 5) is 19.3. The summed E-state index contributed by atoms with van der Waals surface area (Å²) in [6, 6.07) is 0.432. The van der Waals surface area contributed by atoms with Crippen LogP contribution < -0.4 is 15.8 Å². The largest absolute Gasteiger partial charge is 0.349 e. The number of hydrogen-bond donors (Lipinski definition) is 1. The van der Waals surface area contributed by atoms with Crippen LogP contribution in [-0.2, 0) is 6.54 Å². The first-order chi connectivity index (χ1) is 10.1. The van der Waals surface area contributed by atoms with Crippen molar-refractivity contribution in [1.29, 1.82) is 0 Å². The van der Waals surface area contributed by atoms with E-state index in [1.54, 1.807) is 17.0 Å². The van der Waals surface area contributed by atoms with Crippen LogP contribution in [0.2, 0.25) is 0 Å². The lowest BCUT2D eigenvalue weighted by atomic mass is 9.99. The van der Waals surface area contributed by atoms with Crippen molar-refractivity contribution in [3.05, 3.63) is 22.7 Å². The van der Waals surface area contributed by atoms with Gasteiger partial charge in [-0.25, -0.2) is 4.98 Å². The third-order valence-corrected chi connectivity index (χ3v) is 4.08. The first-order valence-corrected chi connectivity index (χ1v) is 8.10. The molecule has 0 bridgehead atoms. The molecule has 1 aliphatic rings. The van der Waals surface area contributed by atoms with E-state index in [4.69, 9.17) is 0 Å². The zero-order valence-corrected chi connectivity index (χ0v) is 13.5. The summed E-state index contributed by atoms with van der Waals surface area (Å²) in [6.45, 7) is 6.94. The van der Waals surface area contributed by atoms with Gasteiger partial charge in [-0.15, -0.1) is 0 Å². The van der Waals surface area contributed by atoms with Gasteiger partial charge in [-0.05, 0) is 45.2 Å². The summed E-state index contributed by atoms with van der Waals surface area (Å²) in [5.41, 5.74) is 0.0579. The summed E-state index contributed by atoms with van der Waals surface area (Å²) >= 11 is 0. The van der Waals surface area contributed by atoms with E-state index < -0.39 is 0 Å². The third-order valence-electron chi connectivity index (χ3n) is 4.08. The van der Waals surface area contributed by atoms with Crippen LogP contribution in [0.5, 0.6) is 0 Å². The lowest BCUT2D eigenvalue weighted by Gasteiger charge is -2.36. The summed E-state index contributed by atoms with van der Waals surface area (Å²) in [5.74, 6) is 1.10. The monoisotopic (exact) mass is 292 g/mol. The fourth-order valence-corrected chi connectivity index (χ4v) is 3.06. The lowest BCUT2D eigenvalue weighted by molar-refractivity contribution is 0.426. The lowest BCUT2D eigenvalue weighted by Crippen LogP contribution is -2.45. The number of aromatic nitrogens is 2. The molecule has 21 heavy (non-hydrogen) atoms. The van der Waals surface area contributed by atoms with Gasteiger partial charge in [0.25, 0.3) is 5.56 Å². The molecule has 2 heterocycles. The summed E-state index contributed by atoms with van der Waals surface area (Å²) < 4.78 is 1.80. The zero-order chi connectivity index (χ0) is 15.2. The second kappa shape index (κ2) is 7.59. The Kier molecular flexibility index (Phi) is 5.79. The van der Waals surface area contributed by atoms with Crippen molar-refractivity contribution >= 4 is 5.82 Å². The first-order valence-electron chi connectivity index (χ1n) is 8.10. The molecule has 2 rings (SSSR count). The van der Waals surface area contributed by atoms with E-state index in [1.165, 1.54) is 6.42 Å². The van der Waals surface area contributed by atoms with Crippen molar-refractivity contribution in [2.45, 2.75) is 52.1 Å². The van der Waals surface area contributed by atoms with Gasteiger partial charge in [0.2, 0.25) is 0 Å². The molecule has 0 amide bonds. The molecule has 0 saturated carbocycles. The van der Waals surface area contributed by atoms with Gasteiger partial charge in [0.1, 0.15) is 0 Å². The highest BCUT2D eigenvalue weighted by Crippen LogP contribution is 2.22. The Morgan fingerprint density at radius 3 is 2.95 bits per heavy atom. The molecule has 5 heteroatoms. The predicted molar refractivity (Wildman–Crippen MR) is 86.9 cm³/mol. The second-order valence-corrected chi connectivity index (χ2v) is 6.34. The standard InChI is InChI=1S/C16H28N4O/c1-13(2)12-19-11-9-18-15(16(19)21)20-10-5-4-6-14(20)7-8-17-3/h9,11,13-14,17H,4-8,10,12H2,1-3H3. The van der Waals surface area contributed by atoms with Gasteiger partial charge in [0.05, 0.1) is 0 Å². The minimum atomic E-state index is 0.0579. The fraction of sp³-hybridized carbons (Fsp3) is 0.750. The van der Waals surface area contributed by atoms with Crippen molar-refractivity contribution in [3.63, 3.8) is 0 Å². The molecule has 1 fully saturated rings. The maximum atomic E-state index is 12.7. The third kappa shape index (κ3) is 4.06. The van der Waals surface area contributed by atoms with Gasteiger partial charge in [0, 0.05) is 31.5 Å². The minimum absolute atomic E-state index is 0.0579. The molecule has 0 aliphatic carbocycles.